The fraction of sp³-hybridized carbons (Fsp3) is 0.308. The molecular formula is C13H16N2O. The van der Waals surface area contributed by atoms with Crippen molar-refractivity contribution in [1.82, 2.24) is 9.78 Å². The fourth-order valence-corrected chi connectivity index (χ4v) is 1.55. The molecule has 0 saturated heterocycles. The number of hydrogen-bond donors (Lipinski definition) is 0. The van der Waals surface area contributed by atoms with Gasteiger partial charge in [-0.3, -0.25) is 4.68 Å². The van der Waals surface area contributed by atoms with E-state index < -0.39 is 0 Å². The van der Waals surface area contributed by atoms with Crippen molar-refractivity contribution in [3.8, 4) is 11.3 Å². The summed E-state index contributed by atoms with van der Waals surface area (Å²) < 4.78 is 7.21. The lowest BCUT2D eigenvalue weighted by atomic mass is 10.2. The number of ether oxygens (including phenoxy) is 1. The Hall–Kier alpha value is -1.61. The van der Waals surface area contributed by atoms with Crippen molar-refractivity contribution < 1.29 is 4.74 Å². The highest BCUT2D eigenvalue weighted by Gasteiger charge is 2.00. The summed E-state index contributed by atoms with van der Waals surface area (Å²) in [6.45, 7) is 4.28. The van der Waals surface area contributed by atoms with E-state index in [9.17, 15) is 0 Å². The maximum Gasteiger partial charge on any atom is 0.0923 e. The van der Waals surface area contributed by atoms with Crippen LogP contribution in [0.2, 0.25) is 0 Å². The molecule has 3 nitrogen and oxygen atoms in total. The van der Waals surface area contributed by atoms with Crippen LogP contribution in [0.25, 0.3) is 11.3 Å². The second kappa shape index (κ2) is 5.47. The Balaban J connectivity index is 2.02. The molecule has 0 spiro atoms. The summed E-state index contributed by atoms with van der Waals surface area (Å²) >= 11 is 0. The zero-order valence-corrected chi connectivity index (χ0v) is 9.47. The van der Waals surface area contributed by atoms with Gasteiger partial charge >= 0.3 is 0 Å². The molecule has 0 N–H and O–H groups in total. The third-order valence-corrected chi connectivity index (χ3v) is 2.38. The first-order valence-electron chi connectivity index (χ1n) is 5.57. The van der Waals surface area contributed by atoms with E-state index in [-0.39, 0.29) is 0 Å². The molecule has 0 unspecified atom stereocenters. The van der Waals surface area contributed by atoms with Crippen molar-refractivity contribution in [2.24, 2.45) is 0 Å². The van der Waals surface area contributed by atoms with Gasteiger partial charge in [0, 0.05) is 18.4 Å². The van der Waals surface area contributed by atoms with Crippen LogP contribution in [0.5, 0.6) is 0 Å². The van der Waals surface area contributed by atoms with Gasteiger partial charge in [0.1, 0.15) is 0 Å². The highest BCUT2D eigenvalue weighted by atomic mass is 16.5. The maximum atomic E-state index is 5.29. The summed E-state index contributed by atoms with van der Waals surface area (Å²) in [4.78, 5) is 0. The summed E-state index contributed by atoms with van der Waals surface area (Å²) in [7, 11) is 0. The number of hydrogen-bond acceptors (Lipinski definition) is 2. The standard InChI is InChI=1S/C13H16N2O/c1-2-16-11-10-15-9-8-13(14-15)12-6-4-3-5-7-12/h3-9H,2,10-11H2,1H3. The first-order valence-corrected chi connectivity index (χ1v) is 5.57. The predicted molar refractivity (Wildman–Crippen MR) is 64.2 cm³/mol. The lowest BCUT2D eigenvalue weighted by molar-refractivity contribution is 0.136. The van der Waals surface area contributed by atoms with Crippen molar-refractivity contribution >= 4 is 0 Å². The van der Waals surface area contributed by atoms with Gasteiger partial charge in [0.25, 0.3) is 0 Å². The van der Waals surface area contributed by atoms with E-state index in [1.807, 2.05) is 42.1 Å². The van der Waals surface area contributed by atoms with Crippen molar-refractivity contribution in [3.05, 3.63) is 42.6 Å². The van der Waals surface area contributed by atoms with Crippen molar-refractivity contribution in [1.29, 1.82) is 0 Å². The molecule has 84 valence electrons. The number of rotatable bonds is 5. The molecule has 0 aliphatic rings. The second-order valence-electron chi connectivity index (χ2n) is 3.53. The predicted octanol–water partition coefficient (Wildman–Crippen LogP) is 2.59. The van der Waals surface area contributed by atoms with Crippen LogP contribution in [0, 0.1) is 0 Å². The largest absolute Gasteiger partial charge is 0.380 e. The van der Waals surface area contributed by atoms with E-state index >= 15 is 0 Å². The highest BCUT2D eigenvalue weighted by Crippen LogP contribution is 2.15. The molecular weight excluding hydrogens is 200 g/mol. The van der Waals surface area contributed by atoms with E-state index in [0.29, 0.717) is 6.61 Å². The summed E-state index contributed by atoms with van der Waals surface area (Å²) in [5, 5.41) is 4.49. The van der Waals surface area contributed by atoms with E-state index in [1.165, 1.54) is 0 Å². The third-order valence-electron chi connectivity index (χ3n) is 2.38. The van der Waals surface area contributed by atoms with Crippen LogP contribution in [0.4, 0.5) is 0 Å². The SMILES string of the molecule is CCOCCn1ccc(-c2ccccc2)n1. The molecule has 0 bridgehead atoms. The van der Waals surface area contributed by atoms with E-state index in [1.54, 1.807) is 0 Å². The minimum absolute atomic E-state index is 0.715. The molecule has 1 aromatic carbocycles. The molecule has 16 heavy (non-hydrogen) atoms. The van der Waals surface area contributed by atoms with Gasteiger partial charge in [-0.1, -0.05) is 30.3 Å². The first-order chi connectivity index (χ1) is 7.90. The second-order valence-corrected chi connectivity index (χ2v) is 3.53. The summed E-state index contributed by atoms with van der Waals surface area (Å²) in [5.74, 6) is 0. The van der Waals surface area contributed by atoms with Gasteiger partial charge in [-0.05, 0) is 13.0 Å². The Kier molecular flexibility index (Phi) is 3.72. The van der Waals surface area contributed by atoms with Crippen molar-refractivity contribution in [2.75, 3.05) is 13.2 Å². The van der Waals surface area contributed by atoms with Crippen LogP contribution in [0.1, 0.15) is 6.92 Å². The third kappa shape index (κ3) is 2.70. The average Bonchev–Trinajstić information content (AvgIpc) is 2.79. The molecule has 0 amide bonds. The average molecular weight is 216 g/mol. The van der Waals surface area contributed by atoms with Gasteiger partial charge in [-0.25, -0.2) is 0 Å². The monoisotopic (exact) mass is 216 g/mol. The molecule has 0 fully saturated rings. The summed E-state index contributed by atoms with van der Waals surface area (Å²) in [6.07, 6.45) is 1.99. The molecule has 3 heteroatoms. The summed E-state index contributed by atoms with van der Waals surface area (Å²) in [5.41, 5.74) is 2.16. The number of benzene rings is 1. The van der Waals surface area contributed by atoms with E-state index in [0.717, 1.165) is 24.4 Å². The van der Waals surface area contributed by atoms with Crippen LogP contribution in [0.3, 0.4) is 0 Å². The lowest BCUT2D eigenvalue weighted by Crippen LogP contribution is -2.06. The van der Waals surface area contributed by atoms with Crippen LogP contribution in [-0.4, -0.2) is 23.0 Å². The Morgan fingerprint density at radius 3 is 2.75 bits per heavy atom. The smallest absolute Gasteiger partial charge is 0.0923 e. The van der Waals surface area contributed by atoms with Crippen molar-refractivity contribution in [3.63, 3.8) is 0 Å². The topological polar surface area (TPSA) is 27.1 Å². The Bertz CT molecular complexity index is 423. The van der Waals surface area contributed by atoms with Gasteiger partial charge in [0.15, 0.2) is 0 Å². The normalized spacial score (nSPS) is 10.6. The molecule has 2 rings (SSSR count). The van der Waals surface area contributed by atoms with Gasteiger partial charge in [-0.2, -0.15) is 5.10 Å². The van der Waals surface area contributed by atoms with E-state index in [4.69, 9.17) is 4.74 Å². The Morgan fingerprint density at radius 1 is 1.19 bits per heavy atom. The molecule has 1 heterocycles. The fourth-order valence-electron chi connectivity index (χ4n) is 1.55. The minimum Gasteiger partial charge on any atom is -0.380 e. The molecule has 0 radical (unpaired) electrons. The maximum absolute atomic E-state index is 5.29. The van der Waals surface area contributed by atoms with Crippen LogP contribution in [-0.2, 0) is 11.3 Å². The van der Waals surface area contributed by atoms with Gasteiger partial charge in [0.2, 0.25) is 0 Å². The Morgan fingerprint density at radius 2 is 2.00 bits per heavy atom. The summed E-state index contributed by atoms with van der Waals surface area (Å²) in [6, 6.07) is 12.2. The zero-order chi connectivity index (χ0) is 11.2. The molecule has 0 saturated carbocycles. The van der Waals surface area contributed by atoms with Crippen LogP contribution in [0.15, 0.2) is 42.6 Å². The van der Waals surface area contributed by atoms with E-state index in [2.05, 4.69) is 17.2 Å². The lowest BCUT2D eigenvalue weighted by Gasteiger charge is -2.01. The van der Waals surface area contributed by atoms with Gasteiger partial charge in [0.05, 0.1) is 18.8 Å². The molecule has 2 aromatic rings. The zero-order valence-electron chi connectivity index (χ0n) is 9.47. The van der Waals surface area contributed by atoms with Gasteiger partial charge < -0.3 is 4.74 Å². The van der Waals surface area contributed by atoms with Crippen molar-refractivity contribution in [2.45, 2.75) is 13.5 Å². The first kappa shape index (κ1) is 10.9. The Labute approximate surface area is 95.7 Å². The number of aromatic nitrogens is 2. The molecule has 1 aromatic heterocycles. The molecule has 0 aliphatic carbocycles. The number of nitrogens with zero attached hydrogens (tertiary/aromatic N) is 2. The molecule has 0 aliphatic heterocycles. The van der Waals surface area contributed by atoms with Crippen LogP contribution < -0.4 is 0 Å². The highest BCUT2D eigenvalue weighted by molar-refractivity contribution is 5.57. The minimum atomic E-state index is 0.715. The van der Waals surface area contributed by atoms with Gasteiger partial charge in [-0.15, -0.1) is 0 Å². The van der Waals surface area contributed by atoms with Crippen LogP contribution >= 0.6 is 0 Å². The quantitative estimate of drug-likeness (QED) is 0.718. The molecule has 0 atom stereocenters.